The van der Waals surface area contributed by atoms with E-state index in [0.717, 1.165) is 5.56 Å². The average Bonchev–Trinajstić information content (AvgIpc) is 2.32. The van der Waals surface area contributed by atoms with Crippen LogP contribution in [-0.4, -0.2) is 0 Å². The van der Waals surface area contributed by atoms with Crippen LogP contribution in [0.4, 0.5) is 0 Å². The fourth-order valence-electron chi connectivity index (χ4n) is 1.24. The standard InChI is InChI=1S/C11H5Cl4O/c12-7-8(13)10(16-11(15)9(7)14)6-4-2-1-3-5-6/h1-5H/q+1. The van der Waals surface area contributed by atoms with Crippen molar-refractivity contribution in [2.24, 2.45) is 0 Å². The molecule has 82 valence electrons. The van der Waals surface area contributed by atoms with Crippen LogP contribution in [0.3, 0.4) is 0 Å². The summed E-state index contributed by atoms with van der Waals surface area (Å²) in [7, 11) is 0. The highest BCUT2D eigenvalue weighted by Gasteiger charge is 2.27. The highest BCUT2D eigenvalue weighted by atomic mass is 35.5. The Morgan fingerprint density at radius 1 is 0.750 bits per heavy atom. The van der Waals surface area contributed by atoms with Crippen molar-refractivity contribution in [2.45, 2.75) is 0 Å². The summed E-state index contributed by atoms with van der Waals surface area (Å²) in [6.45, 7) is 0. The van der Waals surface area contributed by atoms with E-state index in [2.05, 4.69) is 0 Å². The number of rotatable bonds is 1. The molecular weight excluding hydrogens is 290 g/mol. The Labute approximate surface area is 113 Å². The van der Waals surface area contributed by atoms with Gasteiger partial charge in [-0.15, -0.1) is 0 Å². The second-order valence-electron chi connectivity index (χ2n) is 3.01. The van der Waals surface area contributed by atoms with Gasteiger partial charge in [-0.1, -0.05) is 53.0 Å². The quantitative estimate of drug-likeness (QED) is 0.601. The molecule has 0 amide bonds. The van der Waals surface area contributed by atoms with Gasteiger partial charge in [0.2, 0.25) is 0 Å². The van der Waals surface area contributed by atoms with Crippen LogP contribution in [0.15, 0.2) is 34.7 Å². The summed E-state index contributed by atoms with van der Waals surface area (Å²) in [6.07, 6.45) is 0. The van der Waals surface area contributed by atoms with E-state index in [9.17, 15) is 0 Å². The molecule has 0 saturated heterocycles. The minimum absolute atomic E-state index is 0.0231. The molecule has 0 radical (unpaired) electrons. The lowest BCUT2D eigenvalue weighted by Crippen LogP contribution is -1.83. The van der Waals surface area contributed by atoms with Gasteiger partial charge >= 0.3 is 11.0 Å². The Morgan fingerprint density at radius 3 is 2.00 bits per heavy atom. The Kier molecular flexibility index (Phi) is 3.60. The van der Waals surface area contributed by atoms with E-state index in [4.69, 9.17) is 50.8 Å². The first-order valence-electron chi connectivity index (χ1n) is 4.32. The van der Waals surface area contributed by atoms with Crippen LogP contribution in [0.2, 0.25) is 20.3 Å². The minimum atomic E-state index is 0.0231. The lowest BCUT2D eigenvalue weighted by atomic mass is 10.1. The molecule has 0 bridgehead atoms. The van der Waals surface area contributed by atoms with E-state index >= 15 is 0 Å². The summed E-state index contributed by atoms with van der Waals surface area (Å²) < 4.78 is 5.32. The van der Waals surface area contributed by atoms with Crippen molar-refractivity contribution in [3.63, 3.8) is 0 Å². The second-order valence-corrected chi connectivity index (χ2v) is 4.49. The molecule has 5 heteroatoms. The predicted molar refractivity (Wildman–Crippen MR) is 68.6 cm³/mol. The first-order valence-corrected chi connectivity index (χ1v) is 5.84. The molecule has 0 aliphatic carbocycles. The lowest BCUT2D eigenvalue weighted by Gasteiger charge is -1.97. The van der Waals surface area contributed by atoms with Crippen molar-refractivity contribution in [3.8, 4) is 11.3 Å². The van der Waals surface area contributed by atoms with Crippen molar-refractivity contribution in [3.05, 3.63) is 50.6 Å². The SMILES string of the molecule is Clc1[o+]c(-c2ccccc2)c(Cl)c(Cl)c1Cl. The third kappa shape index (κ3) is 2.14. The molecule has 1 nitrogen and oxygen atoms in total. The summed E-state index contributed by atoms with van der Waals surface area (Å²) in [5.41, 5.74) is 0.785. The highest BCUT2D eigenvalue weighted by Crippen LogP contribution is 2.42. The smallest absolute Gasteiger partial charge is 0.191 e. The summed E-state index contributed by atoms with van der Waals surface area (Å²) in [4.78, 5) is 0. The number of benzene rings is 1. The molecule has 1 aromatic carbocycles. The molecule has 0 unspecified atom stereocenters. The maximum Gasteiger partial charge on any atom is 0.443 e. The zero-order valence-electron chi connectivity index (χ0n) is 7.81. The molecule has 16 heavy (non-hydrogen) atoms. The Balaban J connectivity index is 2.68. The summed E-state index contributed by atoms with van der Waals surface area (Å²) in [6, 6.07) is 9.28. The Hall–Kier alpha value is -0.470. The van der Waals surface area contributed by atoms with Crippen LogP contribution >= 0.6 is 46.4 Å². The Morgan fingerprint density at radius 2 is 1.38 bits per heavy atom. The largest absolute Gasteiger partial charge is 0.443 e. The molecule has 0 saturated carbocycles. The van der Waals surface area contributed by atoms with Gasteiger partial charge in [0.15, 0.2) is 10.0 Å². The highest BCUT2D eigenvalue weighted by molar-refractivity contribution is 6.51. The predicted octanol–water partition coefficient (Wildman–Crippen LogP) is 5.84. The van der Waals surface area contributed by atoms with E-state index in [1.807, 2.05) is 30.3 Å². The van der Waals surface area contributed by atoms with Gasteiger partial charge in [0.1, 0.15) is 0 Å². The van der Waals surface area contributed by atoms with Crippen molar-refractivity contribution in [2.75, 3.05) is 0 Å². The number of hydrogen-bond acceptors (Lipinski definition) is 0. The van der Waals surface area contributed by atoms with Crippen LogP contribution < -0.4 is 0 Å². The maximum absolute atomic E-state index is 6.04. The van der Waals surface area contributed by atoms with Crippen LogP contribution in [0.5, 0.6) is 0 Å². The van der Waals surface area contributed by atoms with Crippen molar-refractivity contribution >= 4 is 46.4 Å². The van der Waals surface area contributed by atoms with E-state index in [1.165, 1.54) is 0 Å². The molecule has 0 N–H and O–H groups in total. The maximum atomic E-state index is 6.04. The molecule has 0 fully saturated rings. The molecule has 0 spiro atoms. The molecule has 1 aromatic heterocycles. The van der Waals surface area contributed by atoms with Gasteiger partial charge in [-0.3, -0.25) is 0 Å². The molecular formula is C11H5Cl4O+. The van der Waals surface area contributed by atoms with Crippen LogP contribution in [0.25, 0.3) is 11.3 Å². The Bertz CT molecular complexity index is 525. The van der Waals surface area contributed by atoms with E-state index in [-0.39, 0.29) is 20.3 Å². The normalized spacial score (nSPS) is 10.5. The van der Waals surface area contributed by atoms with Gasteiger partial charge in [0.25, 0.3) is 0 Å². The second kappa shape index (κ2) is 4.80. The topological polar surface area (TPSA) is 11.3 Å². The third-order valence-corrected chi connectivity index (χ3v) is 3.64. The van der Waals surface area contributed by atoms with Gasteiger partial charge in [0, 0.05) is 11.6 Å². The fraction of sp³-hybridized carbons (Fsp3) is 0. The first-order chi connectivity index (χ1) is 7.61. The van der Waals surface area contributed by atoms with Gasteiger partial charge in [-0.05, 0) is 12.1 Å². The van der Waals surface area contributed by atoms with Crippen LogP contribution in [-0.2, 0) is 0 Å². The molecule has 1 heterocycles. The van der Waals surface area contributed by atoms with Gasteiger partial charge in [0.05, 0.1) is 10.6 Å². The van der Waals surface area contributed by atoms with E-state index in [0.29, 0.717) is 5.76 Å². The monoisotopic (exact) mass is 293 g/mol. The average molecular weight is 295 g/mol. The zero-order chi connectivity index (χ0) is 11.7. The van der Waals surface area contributed by atoms with Gasteiger partial charge in [-0.25, -0.2) is 0 Å². The fourth-order valence-corrected chi connectivity index (χ4v) is 2.05. The molecule has 2 aromatic rings. The molecule has 0 aliphatic rings. The summed E-state index contributed by atoms with van der Waals surface area (Å²) in [5, 5.41) is 0.587. The minimum Gasteiger partial charge on any atom is -0.191 e. The van der Waals surface area contributed by atoms with Crippen molar-refractivity contribution < 1.29 is 4.42 Å². The van der Waals surface area contributed by atoms with Gasteiger partial charge < -0.3 is 0 Å². The third-order valence-electron chi connectivity index (χ3n) is 1.98. The van der Waals surface area contributed by atoms with Gasteiger partial charge in [-0.2, -0.15) is 4.42 Å². The van der Waals surface area contributed by atoms with Crippen LogP contribution in [0.1, 0.15) is 0 Å². The first kappa shape index (κ1) is 12.0. The summed E-state index contributed by atoms with van der Waals surface area (Å²) >= 11 is 23.6. The summed E-state index contributed by atoms with van der Waals surface area (Å²) in [5.74, 6) is 0.404. The van der Waals surface area contributed by atoms with E-state index in [1.54, 1.807) is 0 Å². The molecule has 0 atom stereocenters. The molecule has 0 aliphatic heterocycles. The zero-order valence-corrected chi connectivity index (χ0v) is 10.8. The van der Waals surface area contributed by atoms with Crippen molar-refractivity contribution in [1.29, 1.82) is 0 Å². The number of halogens is 4. The number of hydrogen-bond donors (Lipinski definition) is 0. The molecule has 2 rings (SSSR count). The van der Waals surface area contributed by atoms with Crippen LogP contribution in [0, 0.1) is 0 Å². The van der Waals surface area contributed by atoms with E-state index < -0.39 is 0 Å². The lowest BCUT2D eigenvalue weighted by molar-refractivity contribution is 0.569. The van der Waals surface area contributed by atoms with Crippen molar-refractivity contribution in [1.82, 2.24) is 0 Å².